The lowest BCUT2D eigenvalue weighted by molar-refractivity contribution is -0.148. The predicted octanol–water partition coefficient (Wildman–Crippen LogP) is 7.67. The maximum absolute atomic E-state index is 13.1. The maximum atomic E-state index is 13.1. The van der Waals surface area contributed by atoms with Gasteiger partial charge in [0.1, 0.15) is 0 Å². The van der Waals surface area contributed by atoms with Crippen LogP contribution in [0.4, 0.5) is 0 Å². The lowest BCUT2D eigenvalue weighted by Gasteiger charge is -2.35. The van der Waals surface area contributed by atoms with Gasteiger partial charge in [-0.2, -0.15) is 0 Å². The van der Waals surface area contributed by atoms with Gasteiger partial charge in [-0.15, -0.1) is 0 Å². The van der Waals surface area contributed by atoms with Crippen LogP contribution >= 0.6 is 0 Å². The number of hydrogen-bond acceptors (Lipinski definition) is 3. The monoisotopic (exact) mass is 450 g/mol. The summed E-state index contributed by atoms with van der Waals surface area (Å²) in [6.07, 6.45) is 24.3. The summed E-state index contributed by atoms with van der Waals surface area (Å²) < 4.78 is 0. The van der Waals surface area contributed by atoms with Crippen molar-refractivity contribution in [2.45, 2.75) is 167 Å². The second-order valence-electron chi connectivity index (χ2n) is 10.2. The van der Waals surface area contributed by atoms with E-state index in [0.29, 0.717) is 12.8 Å². The summed E-state index contributed by atoms with van der Waals surface area (Å²) in [6, 6.07) is 0.157. The first kappa shape index (κ1) is 29.1. The molecule has 188 valence electrons. The maximum Gasteiger partial charge on any atom is 0.229 e. The van der Waals surface area contributed by atoms with E-state index in [9.17, 15) is 9.59 Å². The molecule has 1 rings (SSSR count). The molecule has 2 atom stereocenters. The van der Waals surface area contributed by atoms with E-state index in [0.717, 1.165) is 51.4 Å². The van der Waals surface area contributed by atoms with Crippen molar-refractivity contribution in [3.8, 4) is 0 Å². The van der Waals surface area contributed by atoms with Crippen LogP contribution in [-0.2, 0) is 9.59 Å². The lowest BCUT2D eigenvalue weighted by atomic mass is 9.90. The minimum absolute atomic E-state index is 0.0295. The highest BCUT2D eigenvalue weighted by Gasteiger charge is 2.32. The molecule has 2 unspecified atom stereocenters. The number of amides is 2. The van der Waals surface area contributed by atoms with E-state index in [2.05, 4.69) is 13.8 Å². The van der Waals surface area contributed by atoms with E-state index in [1.165, 1.54) is 77.0 Å². The van der Waals surface area contributed by atoms with Crippen LogP contribution < -0.4 is 5.73 Å². The predicted molar refractivity (Wildman–Crippen MR) is 137 cm³/mol. The first-order chi connectivity index (χ1) is 15.6. The molecule has 2 N–H and O–H groups in total. The third-order valence-electron chi connectivity index (χ3n) is 7.08. The van der Waals surface area contributed by atoms with Gasteiger partial charge in [0.15, 0.2) is 0 Å². The van der Waals surface area contributed by atoms with Gasteiger partial charge in [-0.25, -0.2) is 0 Å². The molecular formula is C28H54N2O2. The zero-order chi connectivity index (χ0) is 23.4. The van der Waals surface area contributed by atoms with Gasteiger partial charge in [0, 0.05) is 24.9 Å². The van der Waals surface area contributed by atoms with Crippen molar-refractivity contribution in [2.75, 3.05) is 0 Å². The van der Waals surface area contributed by atoms with Gasteiger partial charge in [0.2, 0.25) is 11.8 Å². The Bertz CT molecular complexity index is 448. The summed E-state index contributed by atoms with van der Waals surface area (Å²) in [4.78, 5) is 27.8. The van der Waals surface area contributed by atoms with Gasteiger partial charge in [0.25, 0.3) is 0 Å². The van der Waals surface area contributed by atoms with Gasteiger partial charge in [-0.1, -0.05) is 104 Å². The normalized spacial score (nSPS) is 18.6. The van der Waals surface area contributed by atoms with Gasteiger partial charge in [0.05, 0.1) is 0 Å². The van der Waals surface area contributed by atoms with E-state index >= 15 is 0 Å². The Labute approximate surface area is 199 Å². The quantitative estimate of drug-likeness (QED) is 0.205. The molecule has 0 aromatic rings. The average Bonchev–Trinajstić information content (AvgIpc) is 2.77. The Kier molecular flexibility index (Phi) is 17.8. The van der Waals surface area contributed by atoms with Crippen molar-refractivity contribution in [2.24, 2.45) is 5.73 Å². The molecule has 32 heavy (non-hydrogen) atoms. The van der Waals surface area contributed by atoms with Crippen LogP contribution in [0.2, 0.25) is 0 Å². The second-order valence-corrected chi connectivity index (χ2v) is 10.2. The summed E-state index contributed by atoms with van der Waals surface area (Å²) in [5.74, 6) is 0.110. The fraction of sp³-hybridized carbons (Fsp3) is 0.929. The molecule has 4 heteroatoms. The summed E-state index contributed by atoms with van der Waals surface area (Å²) in [5.41, 5.74) is 6.19. The van der Waals surface area contributed by atoms with E-state index in [1.807, 2.05) is 0 Å². The van der Waals surface area contributed by atoms with E-state index < -0.39 is 0 Å². The molecule has 2 amide bonds. The topological polar surface area (TPSA) is 63.4 Å². The summed E-state index contributed by atoms with van der Waals surface area (Å²) in [7, 11) is 0. The first-order valence-electron chi connectivity index (χ1n) is 14.2. The van der Waals surface area contributed by atoms with Crippen molar-refractivity contribution in [3.63, 3.8) is 0 Å². The number of nitrogens with two attached hydrogens (primary N) is 1. The molecule has 0 aliphatic heterocycles. The minimum Gasteiger partial charge on any atom is -0.328 e. The molecule has 1 aliphatic rings. The van der Waals surface area contributed by atoms with E-state index in [1.54, 1.807) is 4.90 Å². The first-order valence-corrected chi connectivity index (χ1v) is 14.2. The third-order valence-corrected chi connectivity index (χ3v) is 7.08. The zero-order valence-corrected chi connectivity index (χ0v) is 21.6. The zero-order valence-electron chi connectivity index (χ0n) is 21.6. The van der Waals surface area contributed by atoms with Crippen LogP contribution in [0.5, 0.6) is 0 Å². The van der Waals surface area contributed by atoms with Gasteiger partial charge >= 0.3 is 0 Å². The number of carbonyl (C=O) groups excluding carboxylic acids is 2. The summed E-state index contributed by atoms with van der Waals surface area (Å²) in [5, 5.41) is 0. The largest absolute Gasteiger partial charge is 0.328 e. The Morgan fingerprint density at radius 2 is 1.06 bits per heavy atom. The Hall–Kier alpha value is -0.900. The van der Waals surface area contributed by atoms with Crippen molar-refractivity contribution < 1.29 is 9.59 Å². The number of nitrogens with zero attached hydrogens (tertiary/aromatic N) is 1. The highest BCUT2D eigenvalue weighted by Crippen LogP contribution is 2.25. The summed E-state index contributed by atoms with van der Waals surface area (Å²) in [6.45, 7) is 4.49. The molecule has 0 aromatic heterocycles. The SMILES string of the molecule is CCCCCCCCCCC(=O)N(C(=O)CCCCCCCCCC)C1CCCC(N)C1. The standard InChI is InChI=1S/C28H54N2O2/c1-3-5-7-9-11-13-15-17-22-27(31)30(26-21-19-20-25(29)24-26)28(32)23-18-16-14-12-10-8-6-4-2/h25-26H,3-24,29H2,1-2H3. The smallest absolute Gasteiger partial charge is 0.229 e. The molecule has 0 heterocycles. The highest BCUT2D eigenvalue weighted by atomic mass is 16.2. The second kappa shape index (κ2) is 19.6. The minimum atomic E-state index is 0.0295. The van der Waals surface area contributed by atoms with Crippen LogP contribution in [0.25, 0.3) is 0 Å². The van der Waals surface area contributed by atoms with Crippen molar-refractivity contribution >= 4 is 11.8 Å². The average molecular weight is 451 g/mol. The Balaban J connectivity index is 2.38. The molecular weight excluding hydrogens is 396 g/mol. The van der Waals surface area contributed by atoms with Gasteiger partial charge in [-0.05, 0) is 38.5 Å². The molecule has 4 nitrogen and oxygen atoms in total. The number of rotatable bonds is 19. The molecule has 0 spiro atoms. The van der Waals surface area contributed by atoms with E-state index in [-0.39, 0.29) is 23.9 Å². The Morgan fingerprint density at radius 1 is 0.656 bits per heavy atom. The van der Waals surface area contributed by atoms with Crippen LogP contribution in [0.15, 0.2) is 0 Å². The van der Waals surface area contributed by atoms with Crippen LogP contribution in [0.3, 0.4) is 0 Å². The van der Waals surface area contributed by atoms with Crippen molar-refractivity contribution in [1.29, 1.82) is 0 Å². The fourth-order valence-electron chi connectivity index (χ4n) is 5.04. The fourth-order valence-corrected chi connectivity index (χ4v) is 5.04. The van der Waals surface area contributed by atoms with Crippen LogP contribution in [0.1, 0.15) is 155 Å². The molecule has 0 aromatic carbocycles. The number of imide groups is 1. The molecule has 0 radical (unpaired) electrons. The van der Waals surface area contributed by atoms with Gasteiger partial charge in [-0.3, -0.25) is 14.5 Å². The lowest BCUT2D eigenvalue weighted by Crippen LogP contribution is -2.48. The molecule has 1 saturated carbocycles. The molecule has 1 fully saturated rings. The van der Waals surface area contributed by atoms with Crippen LogP contribution in [-0.4, -0.2) is 28.8 Å². The van der Waals surface area contributed by atoms with Crippen molar-refractivity contribution in [3.05, 3.63) is 0 Å². The molecule has 0 saturated heterocycles. The highest BCUT2D eigenvalue weighted by molar-refractivity contribution is 5.95. The molecule has 1 aliphatic carbocycles. The number of unbranched alkanes of at least 4 members (excludes halogenated alkanes) is 14. The van der Waals surface area contributed by atoms with Crippen LogP contribution in [0, 0.1) is 0 Å². The molecule has 0 bridgehead atoms. The van der Waals surface area contributed by atoms with E-state index in [4.69, 9.17) is 5.73 Å². The Morgan fingerprint density at radius 3 is 1.47 bits per heavy atom. The number of carbonyl (C=O) groups is 2. The van der Waals surface area contributed by atoms with Gasteiger partial charge < -0.3 is 5.73 Å². The number of hydrogen-bond donors (Lipinski definition) is 1. The third kappa shape index (κ3) is 13.6. The van der Waals surface area contributed by atoms with Crippen molar-refractivity contribution in [1.82, 2.24) is 4.90 Å². The summed E-state index contributed by atoms with van der Waals surface area (Å²) >= 11 is 0.